The summed E-state index contributed by atoms with van der Waals surface area (Å²) in [4.78, 5) is 13.1. The van der Waals surface area contributed by atoms with Crippen LogP contribution >= 0.6 is 28.6 Å². The van der Waals surface area contributed by atoms with Gasteiger partial charge in [-0.15, -0.1) is 12.6 Å². The van der Waals surface area contributed by atoms with Gasteiger partial charge in [0, 0.05) is 27.4 Å². The van der Waals surface area contributed by atoms with Gasteiger partial charge in [-0.05, 0) is 47.5 Å². The molecule has 0 saturated heterocycles. The lowest BCUT2D eigenvalue weighted by Crippen LogP contribution is -2.62. The summed E-state index contributed by atoms with van der Waals surface area (Å²) < 4.78 is 6.46. The first-order chi connectivity index (χ1) is 9.36. The molecule has 1 aromatic carbocycles. The van der Waals surface area contributed by atoms with Crippen molar-refractivity contribution in [2.24, 2.45) is 5.41 Å². The van der Waals surface area contributed by atoms with E-state index in [0.29, 0.717) is 12.2 Å². The Hall–Kier alpha value is -0.520. The monoisotopic (exact) mass is 357 g/mol. The number of benzene rings is 1. The van der Waals surface area contributed by atoms with E-state index >= 15 is 0 Å². The number of carbonyl (C=O) groups excluding carboxylic acids is 1. The molecule has 0 aromatic heterocycles. The molecule has 3 nitrogen and oxygen atoms in total. The van der Waals surface area contributed by atoms with Crippen LogP contribution in [0, 0.1) is 5.41 Å². The van der Waals surface area contributed by atoms with E-state index in [1.54, 1.807) is 6.07 Å². The zero-order chi connectivity index (χ0) is 14.9. The minimum atomic E-state index is -0.0687. The summed E-state index contributed by atoms with van der Waals surface area (Å²) in [6.45, 7) is 6.97. The molecule has 1 aliphatic rings. The summed E-state index contributed by atoms with van der Waals surface area (Å²) in [5.74, 6) is -0.0687. The van der Waals surface area contributed by atoms with Crippen LogP contribution in [0.2, 0.25) is 0 Å². The molecule has 0 spiro atoms. The second-order valence-corrected chi connectivity index (χ2v) is 7.06. The molecule has 5 heteroatoms. The highest BCUT2D eigenvalue weighted by molar-refractivity contribution is 9.10. The van der Waals surface area contributed by atoms with Crippen LogP contribution < -0.4 is 5.32 Å². The number of thiol groups is 1. The van der Waals surface area contributed by atoms with Crippen molar-refractivity contribution in [3.05, 3.63) is 28.2 Å². The number of nitrogens with one attached hydrogen (secondary N) is 1. The molecule has 2 atom stereocenters. The molecule has 1 N–H and O–H groups in total. The molecule has 0 heterocycles. The maximum absolute atomic E-state index is 12.4. The molecule has 0 radical (unpaired) electrons. The molecule has 1 saturated carbocycles. The van der Waals surface area contributed by atoms with Crippen LogP contribution in [-0.4, -0.2) is 24.7 Å². The van der Waals surface area contributed by atoms with Gasteiger partial charge in [0.05, 0.1) is 11.7 Å². The molecule has 2 rings (SSSR count). The maximum atomic E-state index is 12.4. The van der Waals surface area contributed by atoms with Gasteiger partial charge in [-0.25, -0.2) is 0 Å². The summed E-state index contributed by atoms with van der Waals surface area (Å²) in [7, 11) is 0. The fourth-order valence-corrected chi connectivity index (χ4v) is 3.17. The largest absolute Gasteiger partial charge is 0.378 e. The lowest BCUT2D eigenvalue weighted by molar-refractivity contribution is -0.111. The van der Waals surface area contributed by atoms with Crippen molar-refractivity contribution in [2.45, 2.75) is 44.2 Å². The summed E-state index contributed by atoms with van der Waals surface area (Å²) in [6, 6.07) is 5.60. The summed E-state index contributed by atoms with van der Waals surface area (Å²) in [5.41, 5.74) is 0.588. The smallest absolute Gasteiger partial charge is 0.252 e. The second kappa shape index (κ2) is 6.08. The van der Waals surface area contributed by atoms with Crippen LogP contribution in [0.25, 0.3) is 0 Å². The fraction of sp³-hybridized carbons (Fsp3) is 0.533. The van der Waals surface area contributed by atoms with Gasteiger partial charge in [0.2, 0.25) is 0 Å². The standard InChI is InChI=1S/C15H20BrNO2S/c1-4-19-13-8-12(15(13,2)3)17-14(18)10-7-9(20)5-6-11(10)16/h5-7,12-13,20H,4,8H2,1-3H3,(H,17,18). The van der Waals surface area contributed by atoms with Gasteiger partial charge in [-0.3, -0.25) is 4.79 Å². The summed E-state index contributed by atoms with van der Waals surface area (Å²) >= 11 is 7.69. The molecular weight excluding hydrogens is 338 g/mol. The lowest BCUT2D eigenvalue weighted by Gasteiger charge is -2.51. The topological polar surface area (TPSA) is 38.3 Å². The van der Waals surface area contributed by atoms with Crippen LogP contribution in [-0.2, 0) is 4.74 Å². The normalized spacial score (nSPS) is 24.1. The van der Waals surface area contributed by atoms with E-state index in [-0.39, 0.29) is 23.5 Å². The molecule has 1 aromatic rings. The van der Waals surface area contributed by atoms with Crippen LogP contribution in [0.4, 0.5) is 0 Å². The first-order valence-electron chi connectivity index (χ1n) is 6.77. The molecule has 110 valence electrons. The van der Waals surface area contributed by atoms with Gasteiger partial charge in [0.25, 0.3) is 5.91 Å². The van der Waals surface area contributed by atoms with E-state index in [9.17, 15) is 4.79 Å². The Balaban J connectivity index is 2.05. The first kappa shape index (κ1) is 15.9. The van der Waals surface area contributed by atoms with Crippen molar-refractivity contribution in [1.82, 2.24) is 5.32 Å². The summed E-state index contributed by atoms with van der Waals surface area (Å²) in [6.07, 6.45) is 1.09. The molecule has 0 aliphatic heterocycles. The number of carbonyl (C=O) groups is 1. The van der Waals surface area contributed by atoms with E-state index in [0.717, 1.165) is 15.8 Å². The van der Waals surface area contributed by atoms with Crippen LogP contribution in [0.15, 0.2) is 27.6 Å². The number of rotatable bonds is 4. The average Bonchev–Trinajstić information content (AvgIpc) is 2.40. The van der Waals surface area contributed by atoms with E-state index in [1.807, 2.05) is 19.1 Å². The van der Waals surface area contributed by atoms with Crippen LogP contribution in [0.5, 0.6) is 0 Å². The minimum absolute atomic E-state index is 0.0310. The maximum Gasteiger partial charge on any atom is 0.252 e. The third-order valence-electron chi connectivity index (χ3n) is 4.05. The predicted molar refractivity (Wildman–Crippen MR) is 86.5 cm³/mol. The molecular formula is C15H20BrNO2S. The molecule has 20 heavy (non-hydrogen) atoms. The highest BCUT2D eigenvalue weighted by Gasteiger charge is 2.49. The average molecular weight is 358 g/mol. The number of hydrogen-bond acceptors (Lipinski definition) is 3. The van der Waals surface area contributed by atoms with Gasteiger partial charge >= 0.3 is 0 Å². The minimum Gasteiger partial charge on any atom is -0.378 e. The van der Waals surface area contributed by atoms with Crippen molar-refractivity contribution in [1.29, 1.82) is 0 Å². The second-order valence-electron chi connectivity index (χ2n) is 5.69. The van der Waals surface area contributed by atoms with Gasteiger partial charge in [-0.2, -0.15) is 0 Å². The number of ether oxygens (including phenoxy) is 1. The Labute approximate surface area is 134 Å². The molecule has 1 amide bonds. The lowest BCUT2D eigenvalue weighted by atomic mass is 9.64. The molecule has 0 bridgehead atoms. The molecule has 1 aliphatic carbocycles. The van der Waals surface area contributed by atoms with Crippen molar-refractivity contribution >= 4 is 34.5 Å². The Morgan fingerprint density at radius 2 is 2.25 bits per heavy atom. The Morgan fingerprint density at radius 1 is 1.55 bits per heavy atom. The molecule has 2 unspecified atom stereocenters. The van der Waals surface area contributed by atoms with Crippen LogP contribution in [0.3, 0.4) is 0 Å². The highest BCUT2D eigenvalue weighted by Crippen LogP contribution is 2.42. The summed E-state index contributed by atoms with van der Waals surface area (Å²) in [5, 5.41) is 3.10. The predicted octanol–water partition coefficient (Wildman–Crippen LogP) is 3.67. The van der Waals surface area contributed by atoms with Crippen molar-refractivity contribution < 1.29 is 9.53 Å². The van der Waals surface area contributed by atoms with Gasteiger partial charge in [0.15, 0.2) is 0 Å². The van der Waals surface area contributed by atoms with E-state index in [1.165, 1.54) is 0 Å². The number of amides is 1. The third kappa shape index (κ3) is 3.05. The van der Waals surface area contributed by atoms with Gasteiger partial charge in [-0.1, -0.05) is 13.8 Å². The Bertz CT molecular complexity index is 519. The SMILES string of the molecule is CCOC1CC(NC(=O)c2cc(S)ccc2Br)C1(C)C. The van der Waals surface area contributed by atoms with Crippen molar-refractivity contribution in [3.8, 4) is 0 Å². The fourth-order valence-electron chi connectivity index (χ4n) is 2.54. The molecule has 1 fully saturated rings. The highest BCUT2D eigenvalue weighted by atomic mass is 79.9. The van der Waals surface area contributed by atoms with E-state index in [2.05, 4.69) is 47.7 Å². The zero-order valence-electron chi connectivity index (χ0n) is 11.9. The van der Waals surface area contributed by atoms with Gasteiger partial charge in [0.1, 0.15) is 0 Å². The third-order valence-corrected chi connectivity index (χ3v) is 5.02. The zero-order valence-corrected chi connectivity index (χ0v) is 14.4. The van der Waals surface area contributed by atoms with Crippen LogP contribution in [0.1, 0.15) is 37.6 Å². The Morgan fingerprint density at radius 3 is 2.85 bits per heavy atom. The van der Waals surface area contributed by atoms with Crippen molar-refractivity contribution in [3.63, 3.8) is 0 Å². The van der Waals surface area contributed by atoms with E-state index < -0.39 is 0 Å². The quantitative estimate of drug-likeness (QED) is 0.806. The number of halogens is 1. The van der Waals surface area contributed by atoms with E-state index in [4.69, 9.17) is 4.74 Å². The Kier molecular flexibility index (Phi) is 4.82. The van der Waals surface area contributed by atoms with Gasteiger partial charge < -0.3 is 10.1 Å². The van der Waals surface area contributed by atoms with Crippen molar-refractivity contribution in [2.75, 3.05) is 6.61 Å². The number of hydrogen-bond donors (Lipinski definition) is 2. The first-order valence-corrected chi connectivity index (χ1v) is 8.01.